The Morgan fingerprint density at radius 3 is 2.22 bits per heavy atom. The maximum absolute atomic E-state index is 6.48. The van der Waals surface area contributed by atoms with Crippen LogP contribution in [0.15, 0.2) is 146 Å². The molecule has 2 aromatic heterocycles. The molecule has 7 aromatic carbocycles. The largest absolute Gasteiger partial charge is 0.464 e. The summed E-state index contributed by atoms with van der Waals surface area (Å²) in [6.07, 6.45) is -0.236. The molecule has 212 valence electrons. The zero-order valence-corrected chi connectivity index (χ0v) is 25.0. The Balaban J connectivity index is 1.09. The lowest BCUT2D eigenvalue weighted by atomic mass is 9.97. The van der Waals surface area contributed by atoms with Gasteiger partial charge in [-0.15, -0.1) is 11.3 Å². The lowest BCUT2D eigenvalue weighted by Crippen LogP contribution is -2.09. The number of fused-ring (bicyclic) bond motifs is 9. The summed E-state index contributed by atoms with van der Waals surface area (Å²) in [6, 6.07) is 52.4. The van der Waals surface area contributed by atoms with E-state index in [0.29, 0.717) is 0 Å². The second-order valence-corrected chi connectivity index (χ2v) is 12.8. The van der Waals surface area contributed by atoms with Crippen LogP contribution in [0, 0.1) is 0 Å². The molecule has 1 aliphatic rings. The first-order valence-corrected chi connectivity index (χ1v) is 16.1. The molecule has 45 heavy (non-hydrogen) atoms. The summed E-state index contributed by atoms with van der Waals surface area (Å²) < 4.78 is 11.4. The van der Waals surface area contributed by atoms with Crippen molar-refractivity contribution in [3.8, 4) is 22.6 Å². The third-order valence-corrected chi connectivity index (χ3v) is 10.4. The maximum Gasteiger partial charge on any atom is 0.196 e. The van der Waals surface area contributed by atoms with Gasteiger partial charge in [-0.05, 0) is 70.4 Å². The Labute approximate surface area is 263 Å². The lowest BCUT2D eigenvalue weighted by Gasteiger charge is -2.13. The van der Waals surface area contributed by atoms with Crippen LogP contribution in [-0.4, -0.2) is 4.57 Å². The number of nitrogens with zero attached hydrogens (tertiary/aromatic N) is 1. The van der Waals surface area contributed by atoms with Crippen LogP contribution in [0.5, 0.6) is 5.75 Å². The van der Waals surface area contributed by atoms with Gasteiger partial charge in [-0.25, -0.2) is 0 Å². The standard InChI is InChI=1S/C41H26N2OS/c1-2-11-29(12-3-1)43-33-15-8-14-30(38(33)32-23-27-9-4-5-10-28(27)24-34(32)43)25-17-19-26(20-18-25)41-42-40-35(44-41)21-22-37-39(40)31-13-6-7-16-36(31)45-37/h1-24,41-42H. The van der Waals surface area contributed by atoms with E-state index < -0.39 is 0 Å². The number of anilines is 1. The Morgan fingerprint density at radius 2 is 1.36 bits per heavy atom. The van der Waals surface area contributed by atoms with Gasteiger partial charge < -0.3 is 14.6 Å². The van der Waals surface area contributed by atoms with Crippen LogP contribution in [0.3, 0.4) is 0 Å². The first kappa shape index (κ1) is 24.8. The van der Waals surface area contributed by atoms with Gasteiger partial charge in [0.15, 0.2) is 6.23 Å². The molecule has 9 aromatic rings. The van der Waals surface area contributed by atoms with Crippen LogP contribution < -0.4 is 10.1 Å². The van der Waals surface area contributed by atoms with Crippen molar-refractivity contribution < 1.29 is 4.74 Å². The van der Waals surface area contributed by atoms with E-state index in [0.717, 1.165) is 22.7 Å². The van der Waals surface area contributed by atoms with Crippen LogP contribution in [0.1, 0.15) is 11.8 Å². The monoisotopic (exact) mass is 594 g/mol. The summed E-state index contributed by atoms with van der Waals surface area (Å²) in [5, 5.41) is 11.3. The van der Waals surface area contributed by atoms with Gasteiger partial charge in [-0.2, -0.15) is 0 Å². The van der Waals surface area contributed by atoms with Crippen LogP contribution >= 0.6 is 11.3 Å². The van der Waals surface area contributed by atoms with Crippen molar-refractivity contribution in [2.24, 2.45) is 0 Å². The molecule has 0 saturated carbocycles. The fraction of sp³-hybridized carbons (Fsp3) is 0.0244. The maximum atomic E-state index is 6.48. The van der Waals surface area contributed by atoms with E-state index in [1.165, 1.54) is 63.9 Å². The Bertz CT molecular complexity index is 2600. The molecule has 3 heterocycles. The SMILES string of the molecule is c1ccc(-n2c3cc4ccccc4cc3c3c(-c4ccc(C5Nc6c(ccc7sc8ccccc8c67)O5)cc4)cccc32)cc1. The Kier molecular flexibility index (Phi) is 5.22. The first-order chi connectivity index (χ1) is 22.3. The highest BCUT2D eigenvalue weighted by Gasteiger charge is 2.27. The second-order valence-electron chi connectivity index (χ2n) is 11.8. The normalized spacial score (nSPS) is 14.4. The molecule has 0 radical (unpaired) electrons. The zero-order chi connectivity index (χ0) is 29.5. The summed E-state index contributed by atoms with van der Waals surface area (Å²) in [7, 11) is 0. The third kappa shape index (κ3) is 3.70. The van der Waals surface area contributed by atoms with Crippen molar-refractivity contribution in [1.82, 2.24) is 4.57 Å². The molecule has 1 N–H and O–H groups in total. The quantitative estimate of drug-likeness (QED) is 0.220. The number of thiophene rings is 1. The average Bonchev–Trinajstić information content (AvgIpc) is 3.79. The molecule has 0 bridgehead atoms. The van der Waals surface area contributed by atoms with Crippen LogP contribution in [0.25, 0.3) is 69.6 Å². The molecule has 1 aliphatic heterocycles. The predicted molar refractivity (Wildman–Crippen MR) is 190 cm³/mol. The minimum absolute atomic E-state index is 0.236. The highest BCUT2D eigenvalue weighted by atomic mass is 32.1. The summed E-state index contributed by atoms with van der Waals surface area (Å²) >= 11 is 1.83. The van der Waals surface area contributed by atoms with Gasteiger partial charge in [0.1, 0.15) is 5.75 Å². The molecule has 0 amide bonds. The number of aromatic nitrogens is 1. The smallest absolute Gasteiger partial charge is 0.196 e. The number of rotatable bonds is 3. The van der Waals surface area contributed by atoms with E-state index in [1.54, 1.807) is 0 Å². The first-order valence-electron chi connectivity index (χ1n) is 15.3. The molecule has 1 unspecified atom stereocenters. The summed E-state index contributed by atoms with van der Waals surface area (Å²) in [6.45, 7) is 0. The van der Waals surface area contributed by atoms with Crippen molar-refractivity contribution in [1.29, 1.82) is 0 Å². The van der Waals surface area contributed by atoms with Crippen LogP contribution in [0.4, 0.5) is 5.69 Å². The van der Waals surface area contributed by atoms with Crippen molar-refractivity contribution >= 4 is 69.8 Å². The Hall–Kier alpha value is -5.58. The van der Waals surface area contributed by atoms with E-state index in [4.69, 9.17) is 4.74 Å². The van der Waals surface area contributed by atoms with E-state index in [2.05, 4.69) is 155 Å². The molecule has 4 heteroatoms. The minimum atomic E-state index is -0.236. The number of hydrogen-bond acceptors (Lipinski definition) is 3. The minimum Gasteiger partial charge on any atom is -0.464 e. The van der Waals surface area contributed by atoms with Gasteiger partial charge in [0.25, 0.3) is 0 Å². The van der Waals surface area contributed by atoms with E-state index in [-0.39, 0.29) is 6.23 Å². The molecular formula is C41H26N2OS. The van der Waals surface area contributed by atoms with Crippen molar-refractivity contribution in [2.75, 3.05) is 5.32 Å². The molecule has 1 atom stereocenters. The second kappa shape index (κ2) is 9.46. The van der Waals surface area contributed by atoms with E-state index in [9.17, 15) is 0 Å². The topological polar surface area (TPSA) is 26.2 Å². The number of benzene rings is 7. The fourth-order valence-corrected chi connectivity index (χ4v) is 8.28. The zero-order valence-electron chi connectivity index (χ0n) is 24.2. The van der Waals surface area contributed by atoms with Crippen molar-refractivity contribution in [3.05, 3.63) is 151 Å². The molecular weight excluding hydrogens is 569 g/mol. The summed E-state index contributed by atoms with van der Waals surface area (Å²) in [5.41, 5.74) is 8.19. The molecule has 0 aliphatic carbocycles. The fourth-order valence-electron chi connectivity index (χ4n) is 7.16. The van der Waals surface area contributed by atoms with Crippen molar-refractivity contribution in [2.45, 2.75) is 6.23 Å². The number of para-hydroxylation sites is 1. The number of nitrogens with one attached hydrogen (secondary N) is 1. The van der Waals surface area contributed by atoms with E-state index >= 15 is 0 Å². The van der Waals surface area contributed by atoms with Crippen LogP contribution in [0.2, 0.25) is 0 Å². The van der Waals surface area contributed by atoms with Gasteiger partial charge in [0.05, 0.1) is 16.7 Å². The summed E-state index contributed by atoms with van der Waals surface area (Å²) in [4.78, 5) is 0. The molecule has 0 saturated heterocycles. The van der Waals surface area contributed by atoms with Crippen molar-refractivity contribution in [3.63, 3.8) is 0 Å². The predicted octanol–water partition coefficient (Wildman–Crippen LogP) is 11.5. The van der Waals surface area contributed by atoms with E-state index in [1.807, 2.05) is 11.3 Å². The van der Waals surface area contributed by atoms with Gasteiger partial charge in [-0.1, -0.05) is 97.1 Å². The summed E-state index contributed by atoms with van der Waals surface area (Å²) in [5.74, 6) is 0.908. The molecule has 3 nitrogen and oxygen atoms in total. The lowest BCUT2D eigenvalue weighted by molar-refractivity contribution is 0.260. The van der Waals surface area contributed by atoms with Crippen LogP contribution in [-0.2, 0) is 0 Å². The molecule has 0 spiro atoms. The number of hydrogen-bond donors (Lipinski definition) is 1. The third-order valence-electron chi connectivity index (χ3n) is 9.22. The number of ether oxygens (including phenoxy) is 1. The van der Waals surface area contributed by atoms with Gasteiger partial charge in [-0.3, -0.25) is 0 Å². The van der Waals surface area contributed by atoms with Gasteiger partial charge >= 0.3 is 0 Å². The highest BCUT2D eigenvalue weighted by Crippen LogP contribution is 2.48. The van der Waals surface area contributed by atoms with Gasteiger partial charge in [0.2, 0.25) is 0 Å². The highest BCUT2D eigenvalue weighted by molar-refractivity contribution is 7.26. The molecule has 10 rings (SSSR count). The Morgan fingerprint density at radius 1 is 0.578 bits per heavy atom. The van der Waals surface area contributed by atoms with Gasteiger partial charge in [0, 0.05) is 42.2 Å². The molecule has 0 fully saturated rings. The average molecular weight is 595 g/mol.